The standard InChI is InChI=1S/C18H17N5O3/c1-12-7-9-13(10-8-12)21-17-16(23(24)25)18(20-11-19-17)22-14-5-3-4-6-15(14)26-2/h3-11H,1-2H3,(H2,19,20,21,22). The molecule has 0 amide bonds. The van der Waals surface area contributed by atoms with Crippen molar-refractivity contribution >= 4 is 28.7 Å². The van der Waals surface area contributed by atoms with Crippen LogP contribution in [0.5, 0.6) is 5.75 Å². The fourth-order valence-electron chi connectivity index (χ4n) is 2.38. The summed E-state index contributed by atoms with van der Waals surface area (Å²) in [5, 5.41) is 17.6. The quantitative estimate of drug-likeness (QED) is 0.507. The number of rotatable bonds is 6. The van der Waals surface area contributed by atoms with Crippen molar-refractivity contribution in [3.63, 3.8) is 0 Å². The van der Waals surface area contributed by atoms with Crippen LogP contribution in [-0.2, 0) is 0 Å². The molecule has 0 unspecified atom stereocenters. The van der Waals surface area contributed by atoms with Gasteiger partial charge < -0.3 is 15.4 Å². The molecule has 0 bridgehead atoms. The van der Waals surface area contributed by atoms with Gasteiger partial charge in [-0.3, -0.25) is 10.1 Å². The molecular weight excluding hydrogens is 334 g/mol. The summed E-state index contributed by atoms with van der Waals surface area (Å²) in [6, 6.07) is 14.6. The van der Waals surface area contributed by atoms with Crippen molar-refractivity contribution in [1.29, 1.82) is 0 Å². The molecule has 0 aliphatic carbocycles. The van der Waals surface area contributed by atoms with E-state index in [2.05, 4.69) is 20.6 Å². The number of ether oxygens (including phenoxy) is 1. The van der Waals surface area contributed by atoms with Crippen LogP contribution in [0, 0.1) is 17.0 Å². The van der Waals surface area contributed by atoms with Crippen LogP contribution in [0.25, 0.3) is 0 Å². The summed E-state index contributed by atoms with van der Waals surface area (Å²) in [4.78, 5) is 19.2. The van der Waals surface area contributed by atoms with Gasteiger partial charge in [-0.25, -0.2) is 9.97 Å². The lowest BCUT2D eigenvalue weighted by molar-refractivity contribution is -0.383. The average Bonchev–Trinajstić information content (AvgIpc) is 2.64. The van der Waals surface area contributed by atoms with E-state index in [1.54, 1.807) is 18.2 Å². The number of nitro groups is 1. The molecule has 0 atom stereocenters. The Bertz CT molecular complexity index is 928. The predicted molar refractivity (Wildman–Crippen MR) is 99.4 cm³/mol. The zero-order chi connectivity index (χ0) is 18.5. The van der Waals surface area contributed by atoms with E-state index in [0.29, 0.717) is 17.1 Å². The minimum Gasteiger partial charge on any atom is -0.495 e. The van der Waals surface area contributed by atoms with Gasteiger partial charge in [-0.2, -0.15) is 0 Å². The first-order chi connectivity index (χ1) is 12.6. The molecule has 0 aliphatic heterocycles. The van der Waals surface area contributed by atoms with Crippen LogP contribution >= 0.6 is 0 Å². The highest BCUT2D eigenvalue weighted by Crippen LogP contribution is 2.35. The Balaban J connectivity index is 1.98. The first-order valence-electron chi connectivity index (χ1n) is 7.81. The fourth-order valence-corrected chi connectivity index (χ4v) is 2.38. The van der Waals surface area contributed by atoms with E-state index in [1.165, 1.54) is 13.4 Å². The van der Waals surface area contributed by atoms with Crippen molar-refractivity contribution in [2.75, 3.05) is 17.7 Å². The van der Waals surface area contributed by atoms with Crippen LogP contribution in [0.3, 0.4) is 0 Å². The molecule has 0 saturated carbocycles. The van der Waals surface area contributed by atoms with Gasteiger partial charge >= 0.3 is 5.69 Å². The van der Waals surface area contributed by atoms with E-state index in [4.69, 9.17) is 4.74 Å². The third kappa shape index (κ3) is 3.69. The molecule has 0 radical (unpaired) electrons. The highest BCUT2D eigenvalue weighted by atomic mass is 16.6. The summed E-state index contributed by atoms with van der Waals surface area (Å²) in [5.74, 6) is 0.726. The minimum atomic E-state index is -0.520. The second kappa shape index (κ2) is 7.47. The third-order valence-electron chi connectivity index (χ3n) is 3.68. The second-order valence-electron chi connectivity index (χ2n) is 5.49. The maximum Gasteiger partial charge on any atom is 0.353 e. The Kier molecular flexibility index (Phi) is 4.93. The van der Waals surface area contributed by atoms with E-state index in [1.807, 2.05) is 37.3 Å². The lowest BCUT2D eigenvalue weighted by Gasteiger charge is -2.12. The van der Waals surface area contributed by atoms with Gasteiger partial charge in [0, 0.05) is 5.69 Å². The summed E-state index contributed by atoms with van der Waals surface area (Å²) in [7, 11) is 1.53. The first-order valence-corrected chi connectivity index (χ1v) is 7.81. The predicted octanol–water partition coefficient (Wildman–Crippen LogP) is 4.19. The van der Waals surface area contributed by atoms with Gasteiger partial charge in [-0.1, -0.05) is 29.8 Å². The number of hydrogen-bond acceptors (Lipinski definition) is 7. The number of aromatic nitrogens is 2. The van der Waals surface area contributed by atoms with E-state index >= 15 is 0 Å². The summed E-state index contributed by atoms with van der Waals surface area (Å²) < 4.78 is 5.26. The lowest BCUT2D eigenvalue weighted by atomic mass is 10.2. The maximum atomic E-state index is 11.6. The molecule has 2 aromatic carbocycles. The zero-order valence-electron chi connectivity index (χ0n) is 14.3. The van der Waals surface area contributed by atoms with Gasteiger partial charge in [0.1, 0.15) is 12.1 Å². The average molecular weight is 351 g/mol. The van der Waals surface area contributed by atoms with Crippen molar-refractivity contribution in [1.82, 2.24) is 9.97 Å². The highest BCUT2D eigenvalue weighted by molar-refractivity contribution is 5.78. The topological polar surface area (TPSA) is 102 Å². The zero-order valence-corrected chi connectivity index (χ0v) is 14.3. The van der Waals surface area contributed by atoms with E-state index < -0.39 is 4.92 Å². The second-order valence-corrected chi connectivity index (χ2v) is 5.49. The normalized spacial score (nSPS) is 10.2. The van der Waals surface area contributed by atoms with Gasteiger partial charge in [0.05, 0.1) is 17.7 Å². The number of para-hydroxylation sites is 2. The van der Waals surface area contributed by atoms with Crippen molar-refractivity contribution in [3.8, 4) is 5.75 Å². The van der Waals surface area contributed by atoms with Crippen LogP contribution in [-0.4, -0.2) is 22.0 Å². The van der Waals surface area contributed by atoms with E-state index in [9.17, 15) is 10.1 Å². The minimum absolute atomic E-state index is 0.0733. The van der Waals surface area contributed by atoms with Crippen LogP contribution in [0.1, 0.15) is 5.56 Å². The van der Waals surface area contributed by atoms with Crippen molar-refractivity contribution in [2.45, 2.75) is 6.92 Å². The molecule has 8 heteroatoms. The molecule has 3 rings (SSSR count). The number of benzene rings is 2. The number of aryl methyl sites for hydroxylation is 1. The Morgan fingerprint density at radius 1 is 1.00 bits per heavy atom. The molecule has 2 N–H and O–H groups in total. The van der Waals surface area contributed by atoms with Crippen molar-refractivity contribution in [2.24, 2.45) is 0 Å². The summed E-state index contributed by atoms with van der Waals surface area (Å²) in [5.41, 5.74) is 2.10. The Morgan fingerprint density at radius 3 is 2.31 bits per heavy atom. The molecule has 0 saturated heterocycles. The molecular formula is C18H17N5O3. The largest absolute Gasteiger partial charge is 0.495 e. The first kappa shape index (κ1) is 17.2. The molecule has 1 heterocycles. The molecule has 0 fully saturated rings. The fraction of sp³-hybridized carbons (Fsp3) is 0.111. The van der Waals surface area contributed by atoms with E-state index in [-0.39, 0.29) is 17.3 Å². The monoisotopic (exact) mass is 351 g/mol. The Hall–Kier alpha value is -3.68. The molecule has 26 heavy (non-hydrogen) atoms. The molecule has 0 spiro atoms. The number of hydrogen-bond donors (Lipinski definition) is 2. The summed E-state index contributed by atoms with van der Waals surface area (Å²) in [6.45, 7) is 1.96. The van der Waals surface area contributed by atoms with Gasteiger partial charge in [-0.15, -0.1) is 0 Å². The van der Waals surface area contributed by atoms with Gasteiger partial charge in [0.15, 0.2) is 0 Å². The smallest absolute Gasteiger partial charge is 0.353 e. The number of anilines is 4. The Morgan fingerprint density at radius 2 is 1.65 bits per heavy atom. The SMILES string of the molecule is COc1ccccc1Nc1ncnc(Nc2ccc(C)cc2)c1[N+](=O)[O-]. The number of nitrogens with zero attached hydrogens (tertiary/aromatic N) is 3. The number of nitrogens with one attached hydrogen (secondary N) is 2. The summed E-state index contributed by atoms with van der Waals surface area (Å²) >= 11 is 0. The van der Waals surface area contributed by atoms with Crippen LogP contribution in [0.4, 0.5) is 28.7 Å². The third-order valence-corrected chi connectivity index (χ3v) is 3.68. The molecule has 132 valence electrons. The van der Waals surface area contributed by atoms with Gasteiger partial charge in [-0.05, 0) is 31.2 Å². The van der Waals surface area contributed by atoms with Crippen LogP contribution in [0.2, 0.25) is 0 Å². The van der Waals surface area contributed by atoms with Crippen molar-refractivity contribution < 1.29 is 9.66 Å². The van der Waals surface area contributed by atoms with Crippen molar-refractivity contribution in [3.05, 3.63) is 70.5 Å². The molecule has 8 nitrogen and oxygen atoms in total. The van der Waals surface area contributed by atoms with Crippen LogP contribution in [0.15, 0.2) is 54.9 Å². The van der Waals surface area contributed by atoms with Gasteiger partial charge in [0.2, 0.25) is 11.6 Å². The van der Waals surface area contributed by atoms with Gasteiger partial charge in [0.25, 0.3) is 0 Å². The maximum absolute atomic E-state index is 11.6. The molecule has 1 aromatic heterocycles. The summed E-state index contributed by atoms with van der Waals surface area (Å²) in [6.07, 6.45) is 1.27. The number of methoxy groups -OCH3 is 1. The van der Waals surface area contributed by atoms with Crippen LogP contribution < -0.4 is 15.4 Å². The lowest BCUT2D eigenvalue weighted by Crippen LogP contribution is -2.06. The molecule has 3 aromatic rings. The highest BCUT2D eigenvalue weighted by Gasteiger charge is 2.24. The Labute approximate surface area is 150 Å². The van der Waals surface area contributed by atoms with E-state index in [0.717, 1.165) is 5.56 Å². The molecule has 0 aliphatic rings.